The number of aromatic hydroxyl groups is 2. The molecule has 2 amide bonds. The van der Waals surface area contributed by atoms with E-state index in [-0.39, 0.29) is 28.5 Å². The molecule has 6 heteroatoms. The Bertz CT molecular complexity index is 895. The minimum Gasteiger partial charge on any atom is -0.507 e. The molecule has 132 valence electrons. The van der Waals surface area contributed by atoms with Gasteiger partial charge in [0.05, 0.1) is 11.1 Å². The fraction of sp³-hybridized carbons (Fsp3) is 0. The van der Waals surface area contributed by atoms with Crippen molar-refractivity contribution in [3.8, 4) is 11.5 Å². The van der Waals surface area contributed by atoms with Crippen molar-refractivity contribution >= 4 is 17.5 Å². The monoisotopic (exact) mass is 350 g/mol. The zero-order valence-corrected chi connectivity index (χ0v) is 13.8. The van der Waals surface area contributed by atoms with Crippen molar-refractivity contribution in [2.24, 2.45) is 5.73 Å². The van der Waals surface area contributed by atoms with Gasteiger partial charge in [0.15, 0.2) is 0 Å². The number of hydrogen-bond donors (Lipinski definition) is 4. The van der Waals surface area contributed by atoms with Gasteiger partial charge in [-0.1, -0.05) is 42.5 Å². The van der Waals surface area contributed by atoms with E-state index in [0.717, 1.165) is 0 Å². The zero-order valence-electron chi connectivity index (χ0n) is 13.8. The molecule has 26 heavy (non-hydrogen) atoms. The highest BCUT2D eigenvalue weighted by molar-refractivity contribution is 6.06. The van der Waals surface area contributed by atoms with Crippen molar-refractivity contribution in [3.05, 3.63) is 90.0 Å². The lowest BCUT2D eigenvalue weighted by molar-refractivity contribution is 0.0994. The molecule has 0 saturated carbocycles. The summed E-state index contributed by atoms with van der Waals surface area (Å²) in [6.45, 7) is 0. The smallest absolute Gasteiger partial charge is 0.259 e. The van der Waals surface area contributed by atoms with Gasteiger partial charge >= 0.3 is 0 Å². The lowest BCUT2D eigenvalue weighted by Crippen LogP contribution is -2.11. The van der Waals surface area contributed by atoms with Crippen LogP contribution in [0.15, 0.2) is 78.9 Å². The van der Waals surface area contributed by atoms with Crippen molar-refractivity contribution in [2.45, 2.75) is 0 Å². The van der Waals surface area contributed by atoms with Crippen molar-refractivity contribution in [2.75, 3.05) is 5.32 Å². The first-order valence-electron chi connectivity index (χ1n) is 7.71. The topological polar surface area (TPSA) is 113 Å². The normalized spacial score (nSPS) is 9.54. The molecule has 0 aliphatic rings. The average molecular weight is 350 g/mol. The van der Waals surface area contributed by atoms with Crippen LogP contribution in [0.4, 0.5) is 5.69 Å². The third kappa shape index (κ3) is 5.10. The molecule has 0 aliphatic carbocycles. The van der Waals surface area contributed by atoms with Gasteiger partial charge < -0.3 is 21.3 Å². The molecule has 3 rings (SSSR count). The Hall–Kier alpha value is -3.80. The molecule has 6 nitrogen and oxygen atoms in total. The third-order valence-electron chi connectivity index (χ3n) is 3.35. The first-order valence-corrected chi connectivity index (χ1v) is 7.71. The predicted molar refractivity (Wildman–Crippen MR) is 99.1 cm³/mol. The van der Waals surface area contributed by atoms with Gasteiger partial charge in [-0.15, -0.1) is 0 Å². The second-order valence-corrected chi connectivity index (χ2v) is 5.22. The lowest BCUT2D eigenvalue weighted by atomic mass is 10.2. The van der Waals surface area contributed by atoms with Crippen LogP contribution in [-0.2, 0) is 0 Å². The van der Waals surface area contributed by atoms with Crippen LogP contribution in [0.3, 0.4) is 0 Å². The van der Waals surface area contributed by atoms with E-state index >= 15 is 0 Å². The van der Waals surface area contributed by atoms with Crippen molar-refractivity contribution in [1.82, 2.24) is 0 Å². The summed E-state index contributed by atoms with van der Waals surface area (Å²) in [6, 6.07) is 21.7. The van der Waals surface area contributed by atoms with Crippen molar-refractivity contribution < 1.29 is 19.8 Å². The average Bonchev–Trinajstić information content (AvgIpc) is 2.63. The molecule has 3 aromatic rings. The van der Waals surface area contributed by atoms with Crippen LogP contribution in [0, 0.1) is 0 Å². The second-order valence-electron chi connectivity index (χ2n) is 5.22. The van der Waals surface area contributed by atoms with Gasteiger partial charge in [0.25, 0.3) is 11.8 Å². The zero-order chi connectivity index (χ0) is 18.9. The van der Waals surface area contributed by atoms with Gasteiger partial charge in [-0.05, 0) is 36.4 Å². The number of para-hydroxylation sites is 3. The van der Waals surface area contributed by atoms with Gasteiger partial charge in [-0.2, -0.15) is 0 Å². The summed E-state index contributed by atoms with van der Waals surface area (Å²) in [5.74, 6) is -1.02. The first kappa shape index (κ1) is 18.5. The molecule has 3 aromatic carbocycles. The SMILES string of the molecule is NC(=O)c1ccccc1O.O=C(Nc1ccccc1)c1ccccc1O. The van der Waals surface area contributed by atoms with Crippen LogP contribution < -0.4 is 11.1 Å². The van der Waals surface area contributed by atoms with Crippen LogP contribution in [0.1, 0.15) is 20.7 Å². The molecule has 0 radical (unpaired) electrons. The molecule has 0 aliphatic heterocycles. The maximum atomic E-state index is 11.8. The van der Waals surface area contributed by atoms with Crippen LogP contribution in [-0.4, -0.2) is 22.0 Å². The summed E-state index contributed by atoms with van der Waals surface area (Å²) in [5, 5.41) is 21.2. The van der Waals surface area contributed by atoms with E-state index in [9.17, 15) is 14.7 Å². The minimum absolute atomic E-state index is 0.0177. The molecular formula is C20H18N2O4. The molecule has 0 bridgehead atoms. The molecule has 0 heterocycles. The van der Waals surface area contributed by atoms with Gasteiger partial charge in [-0.25, -0.2) is 0 Å². The number of carbonyl (C=O) groups excluding carboxylic acids is 2. The lowest BCUT2D eigenvalue weighted by Gasteiger charge is -2.05. The fourth-order valence-corrected chi connectivity index (χ4v) is 2.07. The third-order valence-corrected chi connectivity index (χ3v) is 3.35. The Labute approximate surface area is 150 Å². The van der Waals surface area contributed by atoms with Gasteiger partial charge in [0.2, 0.25) is 0 Å². The van der Waals surface area contributed by atoms with Crippen molar-refractivity contribution in [1.29, 1.82) is 0 Å². The van der Waals surface area contributed by atoms with Gasteiger partial charge in [0, 0.05) is 5.69 Å². The number of amides is 2. The first-order chi connectivity index (χ1) is 12.5. The summed E-state index contributed by atoms with van der Waals surface area (Å²) in [6.07, 6.45) is 0. The molecular weight excluding hydrogens is 332 g/mol. The number of anilines is 1. The Morgan fingerprint density at radius 2 is 1.15 bits per heavy atom. The molecule has 0 fully saturated rings. The summed E-state index contributed by atoms with van der Waals surface area (Å²) < 4.78 is 0. The number of phenols is 2. The maximum absolute atomic E-state index is 11.8. The molecule has 0 spiro atoms. The van der Waals surface area contributed by atoms with Crippen LogP contribution in [0.2, 0.25) is 0 Å². The second kappa shape index (κ2) is 8.89. The Balaban J connectivity index is 0.000000209. The highest BCUT2D eigenvalue weighted by atomic mass is 16.3. The maximum Gasteiger partial charge on any atom is 0.259 e. The Morgan fingerprint density at radius 1 is 0.692 bits per heavy atom. The summed E-state index contributed by atoms with van der Waals surface area (Å²) >= 11 is 0. The van der Waals surface area contributed by atoms with E-state index in [4.69, 9.17) is 10.8 Å². The molecule has 0 saturated heterocycles. The number of benzene rings is 3. The van der Waals surface area contributed by atoms with Gasteiger partial charge in [-0.3, -0.25) is 9.59 Å². The summed E-state index contributed by atoms with van der Waals surface area (Å²) in [7, 11) is 0. The van der Waals surface area contributed by atoms with Crippen molar-refractivity contribution in [3.63, 3.8) is 0 Å². The largest absolute Gasteiger partial charge is 0.507 e. The number of primary amides is 1. The fourth-order valence-electron chi connectivity index (χ4n) is 2.07. The van der Waals surface area contributed by atoms with Crippen LogP contribution >= 0.6 is 0 Å². The number of nitrogens with one attached hydrogen (secondary N) is 1. The van der Waals surface area contributed by atoms with E-state index in [0.29, 0.717) is 5.69 Å². The van der Waals surface area contributed by atoms with E-state index in [1.807, 2.05) is 18.2 Å². The molecule has 0 atom stereocenters. The molecule has 0 unspecified atom stereocenters. The number of phenolic OH excluding ortho intramolecular Hbond substituents is 1. The highest BCUT2D eigenvalue weighted by Gasteiger charge is 2.09. The summed E-state index contributed by atoms with van der Waals surface area (Å²) in [5.41, 5.74) is 6.04. The number of hydrogen-bond acceptors (Lipinski definition) is 4. The predicted octanol–water partition coefficient (Wildman–Crippen LogP) is 3.14. The number of rotatable bonds is 3. The Kier molecular flexibility index (Phi) is 6.34. The standard InChI is InChI=1S/C13H11NO2.C7H7NO2/c15-12-9-5-4-8-11(12)13(16)14-10-6-2-1-3-7-10;8-7(10)5-3-1-2-4-6(5)9/h1-9,15H,(H,14,16);1-4,9H,(H2,8,10). The number of nitrogens with two attached hydrogens (primary N) is 1. The van der Waals surface area contributed by atoms with E-state index in [2.05, 4.69) is 5.32 Å². The quantitative estimate of drug-likeness (QED) is 0.581. The Morgan fingerprint density at radius 3 is 1.62 bits per heavy atom. The van der Waals surface area contributed by atoms with E-state index < -0.39 is 5.91 Å². The minimum atomic E-state index is -0.613. The van der Waals surface area contributed by atoms with Crippen LogP contribution in [0.5, 0.6) is 11.5 Å². The van der Waals surface area contributed by atoms with E-state index in [1.165, 1.54) is 18.2 Å². The molecule has 5 N–H and O–H groups in total. The van der Waals surface area contributed by atoms with Crippen LogP contribution in [0.25, 0.3) is 0 Å². The molecule has 0 aromatic heterocycles. The number of carbonyl (C=O) groups is 2. The van der Waals surface area contributed by atoms with E-state index in [1.54, 1.807) is 42.5 Å². The highest BCUT2D eigenvalue weighted by Crippen LogP contribution is 2.17. The van der Waals surface area contributed by atoms with Gasteiger partial charge in [0.1, 0.15) is 11.5 Å². The summed E-state index contributed by atoms with van der Waals surface area (Å²) in [4.78, 5) is 22.2.